The average Bonchev–Trinajstić information content (AvgIpc) is 2.73. The minimum atomic E-state index is -4.59. The fraction of sp³-hybridized carbons (Fsp3) is 0.444. The Kier molecular flexibility index (Phi) is 4.28. The highest BCUT2D eigenvalue weighted by molar-refractivity contribution is 7.09. The van der Waals surface area contributed by atoms with Crippen molar-refractivity contribution < 1.29 is 27.9 Å². The molecule has 1 heterocycles. The first-order valence-electron chi connectivity index (χ1n) is 4.75. The molecule has 1 unspecified atom stereocenters. The number of nitrogens with zero attached hydrogens (tertiary/aromatic N) is 1. The van der Waals surface area contributed by atoms with Crippen molar-refractivity contribution in [1.29, 1.82) is 0 Å². The quantitative estimate of drug-likeness (QED) is 0.879. The Morgan fingerprint density at radius 1 is 1.56 bits per heavy atom. The Morgan fingerprint density at radius 3 is 2.61 bits per heavy atom. The van der Waals surface area contributed by atoms with E-state index in [9.17, 15) is 22.8 Å². The van der Waals surface area contributed by atoms with Crippen LogP contribution in [0.5, 0.6) is 0 Å². The summed E-state index contributed by atoms with van der Waals surface area (Å²) >= 11 is 0.312. The van der Waals surface area contributed by atoms with Gasteiger partial charge in [-0.1, -0.05) is 6.92 Å². The Bertz CT molecular complexity index is 458. The lowest BCUT2D eigenvalue weighted by molar-refractivity contribution is -0.141. The summed E-state index contributed by atoms with van der Waals surface area (Å²) in [6, 6.07) is 0. The number of aliphatic carboxylic acids is 1. The number of alkyl halides is 3. The Balaban J connectivity index is 2.63. The minimum absolute atomic E-state index is 0.174. The van der Waals surface area contributed by atoms with Gasteiger partial charge in [-0.25, -0.2) is 4.98 Å². The molecule has 0 aliphatic carbocycles. The molecule has 0 aromatic carbocycles. The molecule has 0 aliphatic rings. The van der Waals surface area contributed by atoms with E-state index in [0.717, 1.165) is 5.38 Å². The van der Waals surface area contributed by atoms with Crippen LogP contribution in [0.25, 0.3) is 0 Å². The fourth-order valence-electron chi connectivity index (χ4n) is 0.932. The maximum atomic E-state index is 12.2. The van der Waals surface area contributed by atoms with Crippen LogP contribution in [0.3, 0.4) is 0 Å². The standard InChI is InChI=1S/C9H9F3N2O3S/c1-4(7(16)17)2-13-6(15)5-3-18-8(14-5)9(10,11)12/h3-4H,2H2,1H3,(H,13,15)(H,16,17). The van der Waals surface area contributed by atoms with E-state index in [-0.39, 0.29) is 12.2 Å². The third-order valence-electron chi connectivity index (χ3n) is 1.97. The molecule has 1 rings (SSSR count). The van der Waals surface area contributed by atoms with E-state index < -0.39 is 29.0 Å². The summed E-state index contributed by atoms with van der Waals surface area (Å²) in [4.78, 5) is 25.0. The Hall–Kier alpha value is -1.64. The third-order valence-corrected chi connectivity index (χ3v) is 2.86. The normalized spacial score (nSPS) is 13.1. The van der Waals surface area contributed by atoms with Crippen molar-refractivity contribution >= 4 is 23.2 Å². The highest BCUT2D eigenvalue weighted by Gasteiger charge is 2.35. The number of halogens is 3. The number of carbonyl (C=O) groups is 2. The number of carboxylic acid groups (broad SMARTS) is 1. The van der Waals surface area contributed by atoms with Gasteiger partial charge in [-0.05, 0) is 0 Å². The molecule has 1 atom stereocenters. The summed E-state index contributed by atoms with van der Waals surface area (Å²) in [7, 11) is 0. The van der Waals surface area contributed by atoms with E-state index in [4.69, 9.17) is 5.11 Å². The van der Waals surface area contributed by atoms with Crippen LogP contribution in [0.15, 0.2) is 5.38 Å². The molecule has 0 saturated heterocycles. The van der Waals surface area contributed by atoms with Crippen molar-refractivity contribution in [1.82, 2.24) is 10.3 Å². The van der Waals surface area contributed by atoms with E-state index in [1.807, 2.05) is 0 Å². The first-order chi connectivity index (χ1) is 8.21. The number of nitrogens with one attached hydrogen (secondary N) is 1. The van der Waals surface area contributed by atoms with Gasteiger partial charge in [0.2, 0.25) is 0 Å². The van der Waals surface area contributed by atoms with E-state index >= 15 is 0 Å². The SMILES string of the molecule is CC(CNC(=O)c1csc(C(F)(F)F)n1)C(=O)O. The first-order valence-corrected chi connectivity index (χ1v) is 5.63. The van der Waals surface area contributed by atoms with Crippen molar-refractivity contribution in [2.45, 2.75) is 13.1 Å². The lowest BCUT2D eigenvalue weighted by atomic mass is 10.2. The van der Waals surface area contributed by atoms with Crippen molar-refractivity contribution in [3.8, 4) is 0 Å². The summed E-state index contributed by atoms with van der Waals surface area (Å²) in [5.41, 5.74) is -0.370. The molecule has 9 heteroatoms. The molecule has 1 amide bonds. The van der Waals surface area contributed by atoms with Crippen LogP contribution in [0.4, 0.5) is 13.2 Å². The van der Waals surface area contributed by atoms with Gasteiger partial charge in [0.15, 0.2) is 5.01 Å². The van der Waals surface area contributed by atoms with E-state index in [0.29, 0.717) is 11.3 Å². The second-order valence-corrected chi connectivity index (χ2v) is 4.34. The van der Waals surface area contributed by atoms with Gasteiger partial charge in [0.05, 0.1) is 5.92 Å². The smallest absolute Gasteiger partial charge is 0.443 e. The molecule has 100 valence electrons. The minimum Gasteiger partial charge on any atom is -0.481 e. The van der Waals surface area contributed by atoms with Crippen molar-refractivity contribution in [2.75, 3.05) is 6.54 Å². The van der Waals surface area contributed by atoms with Gasteiger partial charge in [0.1, 0.15) is 5.69 Å². The van der Waals surface area contributed by atoms with Crippen LogP contribution in [-0.4, -0.2) is 28.5 Å². The highest BCUT2D eigenvalue weighted by atomic mass is 32.1. The number of hydrogen-bond donors (Lipinski definition) is 2. The van der Waals surface area contributed by atoms with Crippen LogP contribution < -0.4 is 5.32 Å². The molecule has 5 nitrogen and oxygen atoms in total. The van der Waals surface area contributed by atoms with Crippen molar-refractivity contribution in [2.24, 2.45) is 5.92 Å². The van der Waals surface area contributed by atoms with Gasteiger partial charge in [-0.2, -0.15) is 13.2 Å². The summed E-state index contributed by atoms with van der Waals surface area (Å²) < 4.78 is 36.7. The molecule has 0 bridgehead atoms. The maximum absolute atomic E-state index is 12.2. The predicted octanol–water partition coefficient (Wildman–Crippen LogP) is 1.61. The van der Waals surface area contributed by atoms with E-state index in [1.54, 1.807) is 0 Å². The summed E-state index contributed by atoms with van der Waals surface area (Å²) in [5.74, 6) is -2.76. The zero-order chi connectivity index (χ0) is 13.9. The summed E-state index contributed by atoms with van der Waals surface area (Å²) in [6.45, 7) is 1.19. The van der Waals surface area contributed by atoms with Crippen LogP contribution in [0, 0.1) is 5.92 Å². The zero-order valence-corrected chi connectivity index (χ0v) is 9.93. The van der Waals surface area contributed by atoms with Gasteiger partial charge < -0.3 is 10.4 Å². The molecular formula is C9H9F3N2O3S. The van der Waals surface area contributed by atoms with Gasteiger partial charge >= 0.3 is 12.1 Å². The second-order valence-electron chi connectivity index (χ2n) is 3.48. The molecule has 0 spiro atoms. The summed E-state index contributed by atoms with van der Waals surface area (Å²) in [5, 5.41) is 10.6. The molecule has 0 radical (unpaired) electrons. The predicted molar refractivity (Wildman–Crippen MR) is 56.2 cm³/mol. The number of thiazole rings is 1. The van der Waals surface area contributed by atoms with Gasteiger partial charge in [-0.3, -0.25) is 9.59 Å². The van der Waals surface area contributed by atoms with Gasteiger partial charge in [0, 0.05) is 11.9 Å². The number of carboxylic acids is 1. The maximum Gasteiger partial charge on any atom is 0.443 e. The highest BCUT2D eigenvalue weighted by Crippen LogP contribution is 2.31. The molecule has 1 aromatic rings. The fourth-order valence-corrected chi connectivity index (χ4v) is 1.60. The Labute approximate surface area is 104 Å². The van der Waals surface area contributed by atoms with Crippen molar-refractivity contribution in [3.63, 3.8) is 0 Å². The van der Waals surface area contributed by atoms with E-state index in [1.165, 1.54) is 6.92 Å². The van der Waals surface area contributed by atoms with Crippen LogP contribution in [-0.2, 0) is 11.0 Å². The average molecular weight is 282 g/mol. The molecule has 0 fully saturated rings. The number of aromatic nitrogens is 1. The molecule has 18 heavy (non-hydrogen) atoms. The van der Waals surface area contributed by atoms with Gasteiger partial charge in [-0.15, -0.1) is 11.3 Å². The third kappa shape index (κ3) is 3.69. The summed E-state index contributed by atoms with van der Waals surface area (Å²) in [6.07, 6.45) is -4.59. The second kappa shape index (κ2) is 5.34. The topological polar surface area (TPSA) is 79.3 Å². The lowest BCUT2D eigenvalue weighted by Crippen LogP contribution is -2.31. The molecule has 1 aromatic heterocycles. The first kappa shape index (κ1) is 14.4. The molecular weight excluding hydrogens is 273 g/mol. The lowest BCUT2D eigenvalue weighted by Gasteiger charge is -2.06. The van der Waals surface area contributed by atoms with Crippen LogP contribution in [0.2, 0.25) is 0 Å². The van der Waals surface area contributed by atoms with Gasteiger partial charge in [0.25, 0.3) is 5.91 Å². The number of rotatable bonds is 4. The van der Waals surface area contributed by atoms with E-state index in [2.05, 4.69) is 10.3 Å². The van der Waals surface area contributed by atoms with Crippen LogP contribution >= 0.6 is 11.3 Å². The zero-order valence-electron chi connectivity index (χ0n) is 9.11. The molecule has 2 N–H and O–H groups in total. The number of carbonyl (C=O) groups excluding carboxylic acids is 1. The van der Waals surface area contributed by atoms with Crippen LogP contribution in [0.1, 0.15) is 22.4 Å². The molecule has 0 aliphatic heterocycles. The monoisotopic (exact) mass is 282 g/mol. The number of amides is 1. The number of hydrogen-bond acceptors (Lipinski definition) is 4. The largest absolute Gasteiger partial charge is 0.481 e. The van der Waals surface area contributed by atoms with Crippen molar-refractivity contribution in [3.05, 3.63) is 16.1 Å². The Morgan fingerprint density at radius 2 is 2.17 bits per heavy atom. The molecule has 0 saturated carbocycles.